The molecule has 2 rings (SSSR count). The van der Waals surface area contributed by atoms with E-state index in [1.807, 2.05) is 0 Å². The van der Waals surface area contributed by atoms with Crippen LogP contribution in [0.1, 0.15) is 5.56 Å². The van der Waals surface area contributed by atoms with Crippen molar-refractivity contribution in [3.8, 4) is 17.2 Å². The molecule has 25 heavy (non-hydrogen) atoms. The van der Waals surface area contributed by atoms with Crippen LogP contribution in [-0.2, 0) is 16.6 Å². The van der Waals surface area contributed by atoms with Crippen LogP contribution in [0, 0.1) is 5.82 Å². The zero-order valence-electron chi connectivity index (χ0n) is 14.4. The highest BCUT2D eigenvalue weighted by Gasteiger charge is 2.24. The second-order valence-corrected chi connectivity index (χ2v) is 7.24. The SMILES string of the molecule is COc1ccc(S(=O)(=O)N(C)Cc2c(OC)cccc2OC)cc1F. The van der Waals surface area contributed by atoms with Gasteiger partial charge in [-0.15, -0.1) is 0 Å². The molecule has 8 heteroatoms. The highest BCUT2D eigenvalue weighted by molar-refractivity contribution is 7.89. The minimum atomic E-state index is -3.91. The van der Waals surface area contributed by atoms with Crippen LogP contribution in [0.5, 0.6) is 17.2 Å². The van der Waals surface area contributed by atoms with Crippen molar-refractivity contribution in [1.29, 1.82) is 0 Å². The largest absolute Gasteiger partial charge is 0.496 e. The number of benzene rings is 2. The Morgan fingerprint density at radius 3 is 2.00 bits per heavy atom. The van der Waals surface area contributed by atoms with Crippen molar-refractivity contribution in [3.63, 3.8) is 0 Å². The molecule has 0 fully saturated rings. The van der Waals surface area contributed by atoms with Crippen LogP contribution < -0.4 is 14.2 Å². The molecule has 0 aliphatic carbocycles. The molecule has 0 bridgehead atoms. The van der Waals surface area contributed by atoms with Crippen molar-refractivity contribution in [1.82, 2.24) is 4.31 Å². The average Bonchev–Trinajstić information content (AvgIpc) is 2.61. The Morgan fingerprint density at radius 1 is 0.960 bits per heavy atom. The fourth-order valence-corrected chi connectivity index (χ4v) is 3.53. The molecule has 0 spiro atoms. The third kappa shape index (κ3) is 3.85. The topological polar surface area (TPSA) is 65.1 Å². The monoisotopic (exact) mass is 369 g/mol. The quantitative estimate of drug-likeness (QED) is 0.751. The number of nitrogens with zero attached hydrogens (tertiary/aromatic N) is 1. The second-order valence-electron chi connectivity index (χ2n) is 5.20. The molecular weight excluding hydrogens is 349 g/mol. The lowest BCUT2D eigenvalue weighted by atomic mass is 10.1. The number of sulfonamides is 1. The lowest BCUT2D eigenvalue weighted by Crippen LogP contribution is -2.27. The minimum absolute atomic E-state index is 0.00314. The summed E-state index contributed by atoms with van der Waals surface area (Å²) < 4.78 is 55.8. The lowest BCUT2D eigenvalue weighted by molar-refractivity contribution is 0.370. The second kappa shape index (κ2) is 7.71. The zero-order valence-corrected chi connectivity index (χ0v) is 15.3. The number of rotatable bonds is 7. The van der Waals surface area contributed by atoms with Crippen molar-refractivity contribution in [2.24, 2.45) is 0 Å². The molecule has 2 aromatic rings. The molecule has 0 heterocycles. The maximum absolute atomic E-state index is 13.9. The van der Waals surface area contributed by atoms with E-state index in [0.29, 0.717) is 17.1 Å². The maximum Gasteiger partial charge on any atom is 0.243 e. The zero-order chi connectivity index (χ0) is 18.6. The Labute approximate surface area is 146 Å². The van der Waals surface area contributed by atoms with E-state index in [1.54, 1.807) is 18.2 Å². The van der Waals surface area contributed by atoms with Gasteiger partial charge in [-0.2, -0.15) is 4.31 Å². The first kappa shape index (κ1) is 19.0. The standard InChI is InChI=1S/C17H20FNO5S/c1-19(11-13-15(22-2)6-5-7-16(13)23-3)25(20,21)12-8-9-17(24-4)14(18)10-12/h5-10H,11H2,1-4H3. The fourth-order valence-electron chi connectivity index (χ4n) is 2.38. The molecule has 0 atom stereocenters. The fraction of sp³-hybridized carbons (Fsp3) is 0.294. The summed E-state index contributed by atoms with van der Waals surface area (Å²) in [6, 6.07) is 8.68. The third-order valence-corrected chi connectivity index (χ3v) is 5.54. The van der Waals surface area contributed by atoms with Gasteiger partial charge < -0.3 is 14.2 Å². The van der Waals surface area contributed by atoms with E-state index in [-0.39, 0.29) is 17.2 Å². The third-order valence-electron chi connectivity index (χ3n) is 3.74. The van der Waals surface area contributed by atoms with Crippen LogP contribution in [0.15, 0.2) is 41.3 Å². The molecule has 136 valence electrons. The smallest absolute Gasteiger partial charge is 0.243 e. The maximum atomic E-state index is 13.9. The molecule has 0 N–H and O–H groups in total. The van der Waals surface area contributed by atoms with Crippen molar-refractivity contribution in [2.75, 3.05) is 28.4 Å². The number of hydrogen-bond acceptors (Lipinski definition) is 5. The van der Waals surface area contributed by atoms with E-state index in [2.05, 4.69) is 0 Å². The number of halogens is 1. The van der Waals surface area contributed by atoms with E-state index in [1.165, 1.54) is 40.5 Å². The van der Waals surface area contributed by atoms with E-state index in [4.69, 9.17) is 14.2 Å². The van der Waals surface area contributed by atoms with E-state index < -0.39 is 15.8 Å². The van der Waals surface area contributed by atoms with Crippen LogP contribution in [0.4, 0.5) is 4.39 Å². The first-order valence-corrected chi connectivity index (χ1v) is 8.79. The Kier molecular flexibility index (Phi) is 5.86. The van der Waals surface area contributed by atoms with Crippen molar-refractivity contribution in [2.45, 2.75) is 11.4 Å². The summed E-state index contributed by atoms with van der Waals surface area (Å²) >= 11 is 0. The molecule has 2 aromatic carbocycles. The van der Waals surface area contributed by atoms with Gasteiger partial charge in [-0.25, -0.2) is 12.8 Å². The summed E-state index contributed by atoms with van der Waals surface area (Å²) in [5, 5.41) is 0. The van der Waals surface area contributed by atoms with E-state index >= 15 is 0 Å². The van der Waals surface area contributed by atoms with Gasteiger partial charge >= 0.3 is 0 Å². The van der Waals surface area contributed by atoms with E-state index in [0.717, 1.165) is 10.4 Å². The number of hydrogen-bond donors (Lipinski definition) is 0. The molecular formula is C17H20FNO5S. The Balaban J connectivity index is 2.37. The van der Waals surface area contributed by atoms with Gasteiger partial charge in [-0.05, 0) is 30.3 Å². The Hall–Kier alpha value is -2.32. The predicted octanol–water partition coefficient (Wildman–Crippen LogP) is 2.67. The van der Waals surface area contributed by atoms with Gasteiger partial charge in [0.25, 0.3) is 0 Å². The number of methoxy groups -OCH3 is 3. The molecule has 0 radical (unpaired) electrons. The summed E-state index contributed by atoms with van der Waals surface area (Å²) in [5.74, 6) is 0.240. The summed E-state index contributed by atoms with van der Waals surface area (Å²) in [7, 11) is 1.79. The van der Waals surface area contributed by atoms with Gasteiger partial charge in [0.2, 0.25) is 10.0 Å². The molecule has 0 saturated carbocycles. The van der Waals surface area contributed by atoms with Gasteiger partial charge in [-0.1, -0.05) is 6.07 Å². The highest BCUT2D eigenvalue weighted by atomic mass is 32.2. The van der Waals surface area contributed by atoms with Gasteiger partial charge in [0.05, 0.1) is 31.8 Å². The Bertz CT molecular complexity index is 832. The Morgan fingerprint density at radius 2 is 1.52 bits per heavy atom. The van der Waals surface area contributed by atoms with Crippen LogP contribution in [0.25, 0.3) is 0 Å². The number of ether oxygens (including phenoxy) is 3. The summed E-state index contributed by atoms with van der Waals surface area (Å²) in [5.41, 5.74) is 0.576. The van der Waals surface area contributed by atoms with Crippen LogP contribution in [-0.4, -0.2) is 41.1 Å². The average molecular weight is 369 g/mol. The molecule has 0 aliphatic rings. The van der Waals surface area contributed by atoms with Gasteiger partial charge in [0.15, 0.2) is 11.6 Å². The van der Waals surface area contributed by atoms with Crippen LogP contribution in [0.3, 0.4) is 0 Å². The van der Waals surface area contributed by atoms with Gasteiger partial charge in [0.1, 0.15) is 11.5 Å². The highest BCUT2D eigenvalue weighted by Crippen LogP contribution is 2.31. The molecule has 6 nitrogen and oxygen atoms in total. The van der Waals surface area contributed by atoms with Crippen molar-refractivity contribution >= 4 is 10.0 Å². The van der Waals surface area contributed by atoms with Gasteiger partial charge in [-0.3, -0.25) is 0 Å². The first-order chi connectivity index (χ1) is 11.8. The molecule has 0 amide bonds. The molecule has 0 aliphatic heterocycles. The first-order valence-electron chi connectivity index (χ1n) is 7.35. The van der Waals surface area contributed by atoms with Crippen LogP contribution in [0.2, 0.25) is 0 Å². The molecule has 0 aromatic heterocycles. The summed E-state index contributed by atoms with van der Waals surface area (Å²) in [6.07, 6.45) is 0. The van der Waals surface area contributed by atoms with Crippen molar-refractivity contribution in [3.05, 3.63) is 47.8 Å². The molecule has 0 saturated heterocycles. The normalized spacial score (nSPS) is 11.4. The predicted molar refractivity (Wildman–Crippen MR) is 91.2 cm³/mol. The lowest BCUT2D eigenvalue weighted by Gasteiger charge is -2.20. The van der Waals surface area contributed by atoms with Crippen LogP contribution >= 0.6 is 0 Å². The molecule has 0 unspecified atom stereocenters. The minimum Gasteiger partial charge on any atom is -0.496 e. The summed E-state index contributed by atoms with van der Waals surface area (Å²) in [6.45, 7) is 0.00314. The van der Waals surface area contributed by atoms with E-state index in [9.17, 15) is 12.8 Å². The van der Waals surface area contributed by atoms with Gasteiger partial charge in [0, 0.05) is 13.6 Å². The van der Waals surface area contributed by atoms with Crippen molar-refractivity contribution < 1.29 is 27.0 Å². The summed E-state index contributed by atoms with van der Waals surface area (Å²) in [4.78, 5) is -0.165.